The van der Waals surface area contributed by atoms with Gasteiger partial charge in [0.25, 0.3) is 0 Å². The summed E-state index contributed by atoms with van der Waals surface area (Å²) in [5.74, 6) is 0. The van der Waals surface area contributed by atoms with Gasteiger partial charge in [-0.3, -0.25) is 0 Å². The van der Waals surface area contributed by atoms with Crippen LogP contribution >= 0.6 is 7.06 Å². The van der Waals surface area contributed by atoms with E-state index < -0.39 is 18.3 Å². The number of aliphatic hydroxyl groups is 1. The second kappa shape index (κ2) is 5.62. The molecule has 0 saturated heterocycles. The van der Waals surface area contributed by atoms with Crippen molar-refractivity contribution in [2.45, 2.75) is 51.7 Å². The summed E-state index contributed by atoms with van der Waals surface area (Å²) in [6.45, 7) is 8.79. The van der Waals surface area contributed by atoms with Gasteiger partial charge in [0.2, 0.25) is 0 Å². The predicted molar refractivity (Wildman–Crippen MR) is 108 cm³/mol. The zero-order chi connectivity index (χ0) is 18.7. The molecule has 1 spiro atoms. The number of benzene rings is 2. The normalized spacial score (nSPS) is 24.6. The molecule has 0 aliphatic carbocycles. The maximum absolute atomic E-state index is 9.40. The van der Waals surface area contributed by atoms with Crippen LogP contribution in [0, 0.1) is 0 Å². The minimum atomic E-state index is -3.29. The predicted octanol–water partition coefficient (Wildman–Crippen LogP) is 4.32. The van der Waals surface area contributed by atoms with E-state index in [1.54, 1.807) is 0 Å². The third-order valence-electron chi connectivity index (χ3n) is 5.90. The van der Waals surface area contributed by atoms with Gasteiger partial charge in [-0.25, -0.2) is 0 Å². The van der Waals surface area contributed by atoms with Crippen LogP contribution in [0.4, 0.5) is 0 Å². The fourth-order valence-corrected chi connectivity index (χ4v) is 11.7. The summed E-state index contributed by atoms with van der Waals surface area (Å²) in [5, 5.41) is 11.9. The van der Waals surface area contributed by atoms with Crippen LogP contribution in [0.15, 0.2) is 48.5 Å². The molecule has 0 saturated carbocycles. The quantitative estimate of drug-likeness (QED) is 0.642. The average molecular weight is 372 g/mol. The SMILES string of the molecule is CC1(C)OP2(CCCCO)(OC(C)(C)c3ccccc32)c2ccccc21. The van der Waals surface area contributed by atoms with Crippen molar-refractivity contribution >= 4 is 17.7 Å². The number of hydrogen-bond acceptors (Lipinski definition) is 3. The Morgan fingerprint density at radius 2 is 1.23 bits per heavy atom. The van der Waals surface area contributed by atoms with E-state index in [0.29, 0.717) is 0 Å². The first-order valence-electron chi connectivity index (χ1n) is 9.51. The molecule has 2 heterocycles. The molecule has 4 heteroatoms. The van der Waals surface area contributed by atoms with Gasteiger partial charge in [-0.1, -0.05) is 0 Å². The molecular formula is C22H29O3P. The molecule has 1 N–H and O–H groups in total. The molecule has 4 rings (SSSR count). The van der Waals surface area contributed by atoms with Crippen LogP contribution in [-0.2, 0) is 20.2 Å². The first-order valence-corrected chi connectivity index (χ1v) is 11.8. The van der Waals surface area contributed by atoms with Crippen LogP contribution in [0.3, 0.4) is 0 Å². The summed E-state index contributed by atoms with van der Waals surface area (Å²) < 4.78 is 14.2. The van der Waals surface area contributed by atoms with E-state index in [9.17, 15) is 5.11 Å². The van der Waals surface area contributed by atoms with Gasteiger partial charge in [0.15, 0.2) is 0 Å². The Labute approximate surface area is 156 Å². The zero-order valence-electron chi connectivity index (χ0n) is 16.2. The Balaban J connectivity index is 2.05. The van der Waals surface area contributed by atoms with Gasteiger partial charge in [0.1, 0.15) is 0 Å². The molecule has 0 atom stereocenters. The number of unbranched alkanes of at least 4 members (excludes halogenated alkanes) is 1. The fourth-order valence-electron chi connectivity index (χ4n) is 5.01. The molecule has 2 aliphatic rings. The van der Waals surface area contributed by atoms with Gasteiger partial charge < -0.3 is 0 Å². The van der Waals surface area contributed by atoms with Gasteiger partial charge in [-0.15, -0.1) is 0 Å². The first kappa shape index (κ1) is 18.1. The summed E-state index contributed by atoms with van der Waals surface area (Å²) in [5.41, 5.74) is 1.66. The number of hydrogen-bond donors (Lipinski definition) is 1. The van der Waals surface area contributed by atoms with Crippen molar-refractivity contribution in [3.63, 3.8) is 0 Å². The molecule has 0 fully saturated rings. The number of rotatable bonds is 4. The molecule has 0 bridgehead atoms. The van der Waals surface area contributed by atoms with Crippen molar-refractivity contribution in [1.29, 1.82) is 0 Å². The molecule has 3 nitrogen and oxygen atoms in total. The monoisotopic (exact) mass is 372 g/mol. The van der Waals surface area contributed by atoms with Crippen molar-refractivity contribution in [2.75, 3.05) is 12.8 Å². The second-order valence-corrected chi connectivity index (χ2v) is 12.5. The maximum atomic E-state index is 9.40. The van der Waals surface area contributed by atoms with Crippen LogP contribution in [-0.4, -0.2) is 17.9 Å². The van der Waals surface area contributed by atoms with E-state index in [0.717, 1.165) is 19.0 Å². The van der Waals surface area contributed by atoms with E-state index in [4.69, 9.17) is 9.05 Å². The molecule has 2 aromatic rings. The first-order chi connectivity index (χ1) is 12.3. The zero-order valence-corrected chi connectivity index (χ0v) is 17.1. The van der Waals surface area contributed by atoms with Crippen LogP contribution < -0.4 is 10.6 Å². The molecule has 0 radical (unpaired) electrons. The van der Waals surface area contributed by atoms with Crippen molar-refractivity contribution in [3.05, 3.63) is 59.7 Å². The van der Waals surface area contributed by atoms with E-state index in [1.165, 1.54) is 21.7 Å². The van der Waals surface area contributed by atoms with Crippen LogP contribution in [0.5, 0.6) is 0 Å². The summed E-state index contributed by atoms with van der Waals surface area (Å²) in [4.78, 5) is 0. The van der Waals surface area contributed by atoms with Crippen molar-refractivity contribution in [1.82, 2.24) is 0 Å². The Morgan fingerprint density at radius 1 is 0.769 bits per heavy atom. The second-order valence-electron chi connectivity index (χ2n) is 8.52. The standard InChI is InChI=1S/C22H29O3P/c1-21(2)17-11-5-7-13-19(17)26(24-21,16-10-9-15-23)20-14-8-6-12-18(20)22(3,4)25-26/h5-8,11-14,23H,9-10,15-16H2,1-4H3. The van der Waals surface area contributed by atoms with Crippen LogP contribution in [0.1, 0.15) is 51.7 Å². The van der Waals surface area contributed by atoms with E-state index in [1.807, 2.05) is 0 Å². The molecule has 2 aromatic carbocycles. The summed E-state index contributed by atoms with van der Waals surface area (Å²) >= 11 is 0. The van der Waals surface area contributed by atoms with Crippen LogP contribution in [0.25, 0.3) is 0 Å². The van der Waals surface area contributed by atoms with Crippen molar-refractivity contribution < 1.29 is 14.2 Å². The Kier molecular flexibility index (Phi) is 3.92. The van der Waals surface area contributed by atoms with E-state index >= 15 is 0 Å². The molecule has 0 aromatic heterocycles. The minimum absolute atomic E-state index is 0.197. The van der Waals surface area contributed by atoms with E-state index in [2.05, 4.69) is 76.2 Å². The van der Waals surface area contributed by atoms with Crippen molar-refractivity contribution in [2.24, 2.45) is 0 Å². The Morgan fingerprint density at radius 3 is 1.69 bits per heavy atom. The third-order valence-corrected chi connectivity index (χ3v) is 11.4. The third kappa shape index (κ3) is 2.21. The van der Waals surface area contributed by atoms with Gasteiger partial charge in [-0.05, 0) is 0 Å². The molecule has 0 unspecified atom stereocenters. The molecule has 26 heavy (non-hydrogen) atoms. The number of aliphatic hydroxyl groups excluding tert-OH is 1. The van der Waals surface area contributed by atoms with Gasteiger partial charge in [-0.2, -0.15) is 0 Å². The summed E-state index contributed by atoms with van der Waals surface area (Å²) in [6, 6.07) is 17.1. The van der Waals surface area contributed by atoms with Crippen molar-refractivity contribution in [3.8, 4) is 0 Å². The number of fused-ring (bicyclic) bond motifs is 4. The van der Waals surface area contributed by atoms with Gasteiger partial charge >= 0.3 is 156 Å². The Bertz CT molecular complexity index is 790. The summed E-state index contributed by atoms with van der Waals surface area (Å²) in [6.07, 6.45) is 2.45. The molecule has 140 valence electrons. The molecule has 0 amide bonds. The average Bonchev–Trinajstić information content (AvgIpc) is 2.93. The van der Waals surface area contributed by atoms with Gasteiger partial charge in [0, 0.05) is 0 Å². The molecular weight excluding hydrogens is 343 g/mol. The fraction of sp³-hybridized carbons (Fsp3) is 0.455. The topological polar surface area (TPSA) is 38.7 Å². The Hall–Kier alpha value is -1.25. The van der Waals surface area contributed by atoms with E-state index in [-0.39, 0.29) is 6.61 Å². The van der Waals surface area contributed by atoms with Gasteiger partial charge in [0.05, 0.1) is 0 Å². The molecule has 2 aliphatic heterocycles. The summed E-state index contributed by atoms with van der Waals surface area (Å²) in [7, 11) is -3.29. The van der Waals surface area contributed by atoms with Crippen LogP contribution in [0.2, 0.25) is 0 Å².